The van der Waals surface area contributed by atoms with E-state index in [4.69, 9.17) is 10.2 Å². The second-order valence-corrected chi connectivity index (χ2v) is 10.3. The molecule has 1 aliphatic rings. The van der Waals surface area contributed by atoms with Gasteiger partial charge in [0.15, 0.2) is 0 Å². The zero-order valence-corrected chi connectivity index (χ0v) is 23.7. The summed E-state index contributed by atoms with van der Waals surface area (Å²) in [6.45, 7) is 0. The Bertz CT molecular complexity index is 1550. The van der Waals surface area contributed by atoms with E-state index in [2.05, 4.69) is 48.5 Å². The molecule has 6 aromatic carbocycles. The van der Waals surface area contributed by atoms with Crippen LogP contribution in [0.1, 0.15) is 11.1 Å². The van der Waals surface area contributed by atoms with Gasteiger partial charge in [-0.3, -0.25) is 0 Å². The van der Waals surface area contributed by atoms with Crippen molar-refractivity contribution in [2.75, 3.05) is 0 Å². The van der Waals surface area contributed by atoms with Crippen molar-refractivity contribution >= 4 is 11.8 Å². The van der Waals surface area contributed by atoms with Crippen LogP contribution >= 0.6 is 11.8 Å². The maximum Gasteiger partial charge on any atom is 0.129 e. The summed E-state index contributed by atoms with van der Waals surface area (Å²) in [5.41, 5.74) is 5.75. The van der Waals surface area contributed by atoms with E-state index in [1.54, 1.807) is 72.8 Å². The van der Waals surface area contributed by atoms with Crippen molar-refractivity contribution in [2.24, 2.45) is 0 Å². The summed E-state index contributed by atoms with van der Waals surface area (Å²) in [4.78, 5) is 1.47. The van der Waals surface area contributed by atoms with Gasteiger partial charge in [-0.2, -0.15) is 0 Å². The number of phenols is 4. The summed E-state index contributed by atoms with van der Waals surface area (Å²) < 4.78 is 0. The smallest absolute Gasteiger partial charge is 0.129 e. The van der Waals surface area contributed by atoms with Crippen LogP contribution in [0.3, 0.4) is 0 Å². The van der Waals surface area contributed by atoms with Crippen molar-refractivity contribution in [1.29, 1.82) is 0 Å². The maximum atomic E-state index is 9.56. The zero-order chi connectivity index (χ0) is 29.6. The second kappa shape index (κ2) is 15.6. The van der Waals surface area contributed by atoms with Crippen LogP contribution in [0, 0.1) is 0 Å². The number of fused-ring (bicyclic) bond motifs is 3. The molecule has 0 bridgehead atoms. The van der Waals surface area contributed by atoms with Crippen LogP contribution in [0.2, 0.25) is 0 Å². The summed E-state index contributed by atoms with van der Waals surface area (Å²) in [5, 5.41) is 36.4. The average Bonchev–Trinajstić information content (AvgIpc) is 3.40. The first-order chi connectivity index (χ1) is 20.5. The minimum Gasteiger partial charge on any atom is -0.508 e. The van der Waals surface area contributed by atoms with Crippen LogP contribution in [0.25, 0.3) is 11.1 Å². The lowest BCUT2D eigenvalue weighted by Crippen LogP contribution is -1.77. The lowest BCUT2D eigenvalue weighted by atomic mass is 10.1. The number of phenolic OH excluding ortho intramolecular Hbond substituents is 4. The molecule has 0 saturated heterocycles. The van der Waals surface area contributed by atoms with Gasteiger partial charge in [0, 0.05) is 0 Å². The van der Waals surface area contributed by atoms with Gasteiger partial charge >= 0.3 is 0 Å². The fourth-order valence-corrected chi connectivity index (χ4v) is 5.02. The van der Waals surface area contributed by atoms with E-state index >= 15 is 0 Å². The van der Waals surface area contributed by atoms with Crippen LogP contribution in [0.15, 0.2) is 168 Å². The van der Waals surface area contributed by atoms with Crippen LogP contribution in [0.5, 0.6) is 23.0 Å². The lowest BCUT2D eigenvalue weighted by Gasteiger charge is -2.05. The zero-order valence-electron chi connectivity index (χ0n) is 22.9. The Labute approximate surface area is 250 Å². The molecule has 4 nitrogen and oxygen atoms in total. The number of rotatable bonds is 2. The van der Waals surface area contributed by atoms with Crippen LogP contribution < -0.4 is 0 Å². The molecule has 0 amide bonds. The van der Waals surface area contributed by atoms with E-state index in [0.29, 0.717) is 11.5 Å². The van der Waals surface area contributed by atoms with Gasteiger partial charge in [0.1, 0.15) is 23.0 Å². The normalized spacial score (nSPS) is 10.3. The number of hydrogen-bond donors (Lipinski definition) is 4. The first kappa shape index (κ1) is 29.8. The number of hydrogen-bond acceptors (Lipinski definition) is 5. The highest BCUT2D eigenvalue weighted by molar-refractivity contribution is 7.99. The fourth-order valence-electron chi connectivity index (χ4n) is 4.14. The molecule has 1 aliphatic carbocycles. The van der Waals surface area contributed by atoms with Gasteiger partial charge < -0.3 is 20.4 Å². The van der Waals surface area contributed by atoms with Crippen molar-refractivity contribution in [3.8, 4) is 34.1 Å². The van der Waals surface area contributed by atoms with Crippen LogP contribution in [0.4, 0.5) is 0 Å². The third-order valence-electron chi connectivity index (χ3n) is 6.17. The fraction of sp³-hybridized carbons (Fsp3) is 0.0270. The van der Waals surface area contributed by atoms with E-state index in [1.165, 1.54) is 34.0 Å². The lowest BCUT2D eigenvalue weighted by molar-refractivity contribution is 0.460. The molecule has 6 aromatic rings. The maximum absolute atomic E-state index is 9.56. The third kappa shape index (κ3) is 8.95. The van der Waals surface area contributed by atoms with E-state index in [1.807, 2.05) is 36.4 Å². The van der Waals surface area contributed by atoms with Gasteiger partial charge in [-0.05, 0) is 77.2 Å². The predicted octanol–water partition coefficient (Wildman–Crippen LogP) is 9.29. The average molecular weight is 573 g/mol. The highest BCUT2D eigenvalue weighted by Gasteiger charge is 2.15. The minimum absolute atomic E-state index is 0.228. The van der Waals surface area contributed by atoms with Gasteiger partial charge in [-0.25, -0.2) is 0 Å². The van der Waals surface area contributed by atoms with Crippen molar-refractivity contribution < 1.29 is 20.4 Å². The topological polar surface area (TPSA) is 80.9 Å². The van der Waals surface area contributed by atoms with Crippen LogP contribution in [-0.4, -0.2) is 20.4 Å². The molecular formula is C37H32O4S. The third-order valence-corrected chi connectivity index (χ3v) is 7.30. The first-order valence-corrected chi connectivity index (χ1v) is 14.2. The van der Waals surface area contributed by atoms with E-state index < -0.39 is 0 Å². The van der Waals surface area contributed by atoms with Crippen molar-refractivity contribution in [1.82, 2.24) is 0 Å². The van der Waals surface area contributed by atoms with E-state index in [9.17, 15) is 10.2 Å². The largest absolute Gasteiger partial charge is 0.508 e. The van der Waals surface area contributed by atoms with Gasteiger partial charge in [0.05, 0.1) is 9.79 Å². The Morgan fingerprint density at radius 1 is 0.357 bits per heavy atom. The Hall–Kier alpha value is -5.13. The first-order valence-electron chi connectivity index (χ1n) is 13.4. The highest BCUT2D eigenvalue weighted by Crippen LogP contribution is 2.38. The molecule has 7 rings (SSSR count). The monoisotopic (exact) mass is 572 g/mol. The molecule has 0 unspecified atom stereocenters. The molecule has 42 heavy (non-hydrogen) atoms. The Morgan fingerprint density at radius 3 is 1.05 bits per heavy atom. The summed E-state index contributed by atoms with van der Waals surface area (Å²) >= 11 is 1.34. The van der Waals surface area contributed by atoms with Crippen molar-refractivity contribution in [3.63, 3.8) is 0 Å². The standard InChI is InChI=1S/C13H10.C12H10O2S.2C6H6O/c1-3-7-12-10(5-1)9-11-6-2-4-8-13(11)12;13-9-5-1-3-7-11(9)15-12-8-4-2-6-10(12)14;2*7-6-4-2-1-3-5-6/h1-8H,9H2;1-8,13-14H;2*1-5,7H. The summed E-state index contributed by atoms with van der Waals surface area (Å²) in [7, 11) is 0. The van der Waals surface area contributed by atoms with Crippen molar-refractivity contribution in [3.05, 3.63) is 169 Å². The molecule has 5 heteroatoms. The molecule has 0 fully saturated rings. The SMILES string of the molecule is Oc1ccccc1.Oc1ccccc1.Oc1ccccc1Sc1ccccc1O.c1ccc2c(c1)Cc1ccccc1-2. The Balaban J connectivity index is 0.000000136. The highest BCUT2D eigenvalue weighted by atomic mass is 32.2. The molecule has 0 aromatic heterocycles. The van der Waals surface area contributed by atoms with E-state index in [-0.39, 0.29) is 11.5 Å². The molecular weight excluding hydrogens is 540 g/mol. The Morgan fingerprint density at radius 2 is 0.690 bits per heavy atom. The van der Waals surface area contributed by atoms with Gasteiger partial charge in [0.2, 0.25) is 0 Å². The quantitative estimate of drug-likeness (QED) is 0.166. The number of para-hydroxylation sites is 4. The van der Waals surface area contributed by atoms with Gasteiger partial charge in [-0.1, -0.05) is 121 Å². The summed E-state index contributed by atoms with van der Waals surface area (Å²) in [5.74, 6) is 1.10. The minimum atomic E-state index is 0.228. The van der Waals surface area contributed by atoms with E-state index in [0.717, 1.165) is 16.2 Å². The molecule has 4 N–H and O–H groups in total. The number of benzene rings is 6. The summed E-state index contributed by atoms with van der Waals surface area (Å²) in [6.07, 6.45) is 1.10. The molecule has 0 radical (unpaired) electrons. The molecule has 0 spiro atoms. The van der Waals surface area contributed by atoms with Gasteiger partial charge in [-0.15, -0.1) is 0 Å². The second-order valence-electron chi connectivity index (χ2n) is 9.20. The van der Waals surface area contributed by atoms with Crippen molar-refractivity contribution in [2.45, 2.75) is 16.2 Å². The molecule has 0 aliphatic heterocycles. The number of aromatic hydroxyl groups is 4. The molecule has 210 valence electrons. The summed E-state index contributed by atoms with van der Waals surface area (Å²) in [6, 6.07) is 48.8. The Kier molecular flexibility index (Phi) is 11.1. The van der Waals surface area contributed by atoms with Crippen LogP contribution in [-0.2, 0) is 6.42 Å². The molecule has 0 heterocycles. The van der Waals surface area contributed by atoms with Gasteiger partial charge in [0.25, 0.3) is 0 Å². The predicted molar refractivity (Wildman–Crippen MR) is 171 cm³/mol. The molecule has 0 atom stereocenters. The molecule has 0 saturated carbocycles.